The zero-order valence-electron chi connectivity index (χ0n) is 34.2. The van der Waals surface area contributed by atoms with Crippen molar-refractivity contribution in [2.24, 2.45) is 0 Å². The molecule has 0 spiro atoms. The van der Waals surface area contributed by atoms with Crippen LogP contribution in [0.4, 0.5) is 17.1 Å². The highest BCUT2D eigenvalue weighted by Gasteiger charge is 2.35. The monoisotopic (exact) mass is 778 g/mol. The molecule has 0 fully saturated rings. The summed E-state index contributed by atoms with van der Waals surface area (Å²) >= 11 is 0. The first-order chi connectivity index (χ1) is 30.0. The van der Waals surface area contributed by atoms with Crippen LogP contribution in [0.5, 0.6) is 0 Å². The van der Waals surface area contributed by atoms with Gasteiger partial charge in [0.05, 0.1) is 16.7 Å². The van der Waals surface area contributed by atoms with E-state index < -0.39 is 0 Å². The van der Waals surface area contributed by atoms with E-state index in [0.717, 1.165) is 17.1 Å². The minimum atomic E-state index is -0.104. The van der Waals surface area contributed by atoms with Crippen LogP contribution in [-0.4, -0.2) is 4.57 Å². The van der Waals surface area contributed by atoms with Gasteiger partial charge in [-0.05, 0) is 127 Å². The van der Waals surface area contributed by atoms with Crippen molar-refractivity contribution in [3.8, 4) is 39.1 Å². The van der Waals surface area contributed by atoms with E-state index in [1.165, 1.54) is 93.5 Å². The van der Waals surface area contributed by atoms with Gasteiger partial charge in [-0.25, -0.2) is 0 Å². The largest absolute Gasteiger partial charge is 0.310 e. The van der Waals surface area contributed by atoms with Crippen LogP contribution in [0, 0.1) is 0 Å². The van der Waals surface area contributed by atoms with E-state index in [1.54, 1.807) is 0 Å². The van der Waals surface area contributed by atoms with Gasteiger partial charge in [0, 0.05) is 38.6 Å². The summed E-state index contributed by atoms with van der Waals surface area (Å²) in [4.78, 5) is 2.43. The van der Waals surface area contributed by atoms with E-state index in [-0.39, 0.29) is 5.41 Å². The zero-order valence-corrected chi connectivity index (χ0v) is 34.2. The van der Waals surface area contributed by atoms with Crippen molar-refractivity contribution in [3.05, 3.63) is 230 Å². The Labute approximate surface area is 356 Å². The van der Waals surface area contributed by atoms with E-state index >= 15 is 0 Å². The van der Waals surface area contributed by atoms with Crippen LogP contribution < -0.4 is 4.90 Å². The predicted octanol–water partition coefficient (Wildman–Crippen LogP) is 16.2. The van der Waals surface area contributed by atoms with Crippen LogP contribution in [0.3, 0.4) is 0 Å². The highest BCUT2D eigenvalue weighted by atomic mass is 15.1. The number of anilines is 3. The number of benzene rings is 10. The molecule has 0 unspecified atom stereocenters. The van der Waals surface area contributed by atoms with Gasteiger partial charge in [-0.3, -0.25) is 0 Å². The van der Waals surface area contributed by atoms with Crippen molar-refractivity contribution in [2.75, 3.05) is 4.90 Å². The van der Waals surface area contributed by atoms with Gasteiger partial charge in [0.15, 0.2) is 0 Å². The number of rotatable bonds is 6. The predicted molar refractivity (Wildman–Crippen MR) is 259 cm³/mol. The molecule has 0 atom stereocenters. The molecule has 0 bridgehead atoms. The summed E-state index contributed by atoms with van der Waals surface area (Å²) in [7, 11) is 0. The summed E-state index contributed by atoms with van der Waals surface area (Å²) in [6, 6.07) is 80.5. The molecule has 1 heterocycles. The van der Waals surface area contributed by atoms with E-state index in [1.807, 2.05) is 0 Å². The van der Waals surface area contributed by atoms with Gasteiger partial charge in [-0.15, -0.1) is 0 Å². The Morgan fingerprint density at radius 3 is 1.80 bits per heavy atom. The maximum absolute atomic E-state index is 2.43. The van der Waals surface area contributed by atoms with Gasteiger partial charge in [0.25, 0.3) is 0 Å². The first-order valence-electron chi connectivity index (χ1n) is 21.3. The Morgan fingerprint density at radius 1 is 0.344 bits per heavy atom. The number of hydrogen-bond acceptors (Lipinski definition) is 1. The van der Waals surface area contributed by atoms with Gasteiger partial charge in [-0.2, -0.15) is 0 Å². The quantitative estimate of drug-likeness (QED) is 0.163. The third-order valence-corrected chi connectivity index (χ3v) is 13.1. The van der Waals surface area contributed by atoms with Crippen molar-refractivity contribution < 1.29 is 0 Å². The second-order valence-corrected chi connectivity index (χ2v) is 17.0. The Balaban J connectivity index is 0.965. The van der Waals surface area contributed by atoms with Crippen LogP contribution in [0.2, 0.25) is 0 Å². The molecule has 12 rings (SSSR count). The van der Waals surface area contributed by atoms with E-state index in [2.05, 4.69) is 242 Å². The first-order valence-corrected chi connectivity index (χ1v) is 21.3. The summed E-state index contributed by atoms with van der Waals surface area (Å²) < 4.78 is 2.43. The molecule has 61 heavy (non-hydrogen) atoms. The highest BCUT2D eigenvalue weighted by molar-refractivity contribution is 6.11. The Hall–Kier alpha value is -7.68. The molecule has 11 aromatic rings. The Kier molecular flexibility index (Phi) is 7.92. The number of fused-ring (bicyclic) bond motifs is 8. The smallest absolute Gasteiger partial charge is 0.0541 e. The van der Waals surface area contributed by atoms with E-state index in [0.29, 0.717) is 0 Å². The molecule has 0 radical (unpaired) electrons. The minimum absolute atomic E-state index is 0.104. The fraction of sp³-hybridized carbons (Fsp3) is 0.0508. The van der Waals surface area contributed by atoms with Gasteiger partial charge >= 0.3 is 0 Å². The number of aromatic nitrogens is 1. The lowest BCUT2D eigenvalue weighted by molar-refractivity contribution is 0.660. The molecule has 1 aliphatic carbocycles. The van der Waals surface area contributed by atoms with Crippen molar-refractivity contribution in [1.82, 2.24) is 4.57 Å². The SMILES string of the molecule is CC1(C)c2ccccc2-c2ccc(N(c3cccc(-c4cccc(-c5ccc6c(c5)c5ccccc5n6-c5cccc6ccccc56)c4)c3)c3ccc4ccccc4c3)cc21. The maximum Gasteiger partial charge on any atom is 0.0541 e. The molecule has 1 aromatic heterocycles. The molecule has 1 aliphatic rings. The second-order valence-electron chi connectivity index (χ2n) is 17.0. The third kappa shape index (κ3) is 5.64. The van der Waals surface area contributed by atoms with Crippen LogP contribution >= 0.6 is 0 Å². The maximum atomic E-state index is 2.43. The normalized spacial score (nSPS) is 12.9. The van der Waals surface area contributed by atoms with Crippen LogP contribution in [0.15, 0.2) is 218 Å². The summed E-state index contributed by atoms with van der Waals surface area (Å²) in [6.07, 6.45) is 0. The van der Waals surface area contributed by atoms with Crippen molar-refractivity contribution in [2.45, 2.75) is 19.3 Å². The average molecular weight is 779 g/mol. The van der Waals surface area contributed by atoms with Crippen molar-refractivity contribution >= 4 is 60.4 Å². The average Bonchev–Trinajstić information content (AvgIpc) is 3.76. The fourth-order valence-corrected chi connectivity index (χ4v) is 10.1. The first kappa shape index (κ1) is 35.3. The molecule has 0 N–H and O–H groups in total. The van der Waals surface area contributed by atoms with Gasteiger partial charge in [0.2, 0.25) is 0 Å². The zero-order chi connectivity index (χ0) is 40.7. The third-order valence-electron chi connectivity index (χ3n) is 13.1. The summed E-state index contributed by atoms with van der Waals surface area (Å²) in [5.41, 5.74) is 17.1. The summed E-state index contributed by atoms with van der Waals surface area (Å²) in [6.45, 7) is 4.71. The fourth-order valence-electron chi connectivity index (χ4n) is 10.1. The standard InChI is InChI=1S/C59H42N2/c1-59(2)54-25-9-7-23-50(54)51-32-31-48(38-55(51)59)60(47-30-28-39-14-3-4-16-43(39)35-47)46-21-12-20-44(36-46)41-18-11-19-42(34-41)45-29-33-58-53(37-45)52-24-8-10-26-57(52)61(58)56-27-13-17-40-15-5-6-22-49(40)56/h3-38H,1-2H3. The van der Waals surface area contributed by atoms with Crippen molar-refractivity contribution in [1.29, 1.82) is 0 Å². The number of nitrogens with zero attached hydrogens (tertiary/aromatic N) is 2. The van der Waals surface area contributed by atoms with Gasteiger partial charge in [-0.1, -0.05) is 166 Å². The Morgan fingerprint density at radius 2 is 0.934 bits per heavy atom. The lowest BCUT2D eigenvalue weighted by atomic mass is 9.82. The summed E-state index contributed by atoms with van der Waals surface area (Å²) in [5, 5.41) is 7.45. The summed E-state index contributed by atoms with van der Waals surface area (Å²) in [5.74, 6) is 0. The van der Waals surface area contributed by atoms with Crippen LogP contribution in [-0.2, 0) is 5.41 Å². The lowest BCUT2D eigenvalue weighted by Gasteiger charge is -2.28. The second kappa shape index (κ2) is 13.7. The van der Waals surface area contributed by atoms with Crippen LogP contribution in [0.25, 0.3) is 82.4 Å². The van der Waals surface area contributed by atoms with Gasteiger partial charge < -0.3 is 9.47 Å². The minimum Gasteiger partial charge on any atom is -0.310 e. The molecule has 0 aliphatic heterocycles. The molecule has 10 aromatic carbocycles. The van der Waals surface area contributed by atoms with Crippen LogP contribution in [0.1, 0.15) is 25.0 Å². The number of hydrogen-bond donors (Lipinski definition) is 0. The van der Waals surface area contributed by atoms with E-state index in [9.17, 15) is 0 Å². The Bertz CT molecular complexity index is 3530. The molecule has 0 amide bonds. The highest BCUT2D eigenvalue weighted by Crippen LogP contribution is 2.51. The molecule has 0 saturated carbocycles. The molecule has 288 valence electrons. The molecular formula is C59H42N2. The van der Waals surface area contributed by atoms with Gasteiger partial charge in [0.1, 0.15) is 0 Å². The number of para-hydroxylation sites is 1. The topological polar surface area (TPSA) is 8.17 Å². The van der Waals surface area contributed by atoms with E-state index in [4.69, 9.17) is 0 Å². The molecule has 0 saturated heterocycles. The lowest BCUT2D eigenvalue weighted by Crippen LogP contribution is -2.16. The van der Waals surface area contributed by atoms with Crippen molar-refractivity contribution in [3.63, 3.8) is 0 Å². The molecule has 2 heteroatoms. The molecular weight excluding hydrogens is 737 g/mol. The molecule has 2 nitrogen and oxygen atoms in total.